The highest BCUT2D eigenvalue weighted by Crippen LogP contribution is 2.16. The van der Waals surface area contributed by atoms with E-state index in [2.05, 4.69) is 5.32 Å². The Hall–Kier alpha value is -1.79. The molecule has 7 heteroatoms. The van der Waals surface area contributed by atoms with Crippen molar-refractivity contribution in [1.29, 1.82) is 0 Å². The van der Waals surface area contributed by atoms with E-state index in [1.807, 2.05) is 0 Å². The summed E-state index contributed by atoms with van der Waals surface area (Å²) in [6.07, 6.45) is 0.384. The van der Waals surface area contributed by atoms with Gasteiger partial charge in [-0.15, -0.1) is 0 Å². The van der Waals surface area contributed by atoms with Crippen molar-refractivity contribution in [3.8, 4) is 0 Å². The predicted octanol–water partition coefficient (Wildman–Crippen LogP) is 0.581. The lowest BCUT2D eigenvalue weighted by Crippen LogP contribution is -2.50. The summed E-state index contributed by atoms with van der Waals surface area (Å²) in [5, 5.41) is 2.08. The van der Waals surface area contributed by atoms with Crippen LogP contribution in [-0.4, -0.2) is 41.1 Å². The molecule has 1 rings (SSSR count). The number of hydrogen-bond donors (Lipinski definition) is 2. The molecule has 0 spiro atoms. The second-order valence-corrected chi connectivity index (χ2v) is 5.19. The molecule has 4 amide bonds. The van der Waals surface area contributed by atoms with Crippen LogP contribution >= 0.6 is 0 Å². The van der Waals surface area contributed by atoms with Gasteiger partial charge in [0.1, 0.15) is 11.6 Å². The Morgan fingerprint density at radius 1 is 1.33 bits per heavy atom. The van der Waals surface area contributed by atoms with E-state index in [0.29, 0.717) is 19.4 Å². The number of nitrogens with one attached hydrogen (secondary N) is 1. The first-order valence-corrected chi connectivity index (χ1v) is 5.80. The maximum absolute atomic E-state index is 11.8. The smallest absolute Gasteiger partial charge is 0.415 e. The zero-order chi connectivity index (χ0) is 13.9. The van der Waals surface area contributed by atoms with E-state index in [-0.39, 0.29) is 0 Å². The Morgan fingerprint density at radius 3 is 2.44 bits per heavy atom. The molecule has 1 fully saturated rings. The van der Waals surface area contributed by atoms with Crippen LogP contribution in [0.4, 0.5) is 9.59 Å². The molecular formula is C11H19N3O4. The Labute approximate surface area is 106 Å². The van der Waals surface area contributed by atoms with E-state index in [1.165, 1.54) is 4.90 Å². The molecule has 0 saturated carbocycles. The number of hydrogen-bond acceptors (Lipinski definition) is 4. The molecular weight excluding hydrogens is 238 g/mol. The van der Waals surface area contributed by atoms with E-state index >= 15 is 0 Å². The molecule has 1 heterocycles. The summed E-state index contributed by atoms with van der Waals surface area (Å²) in [6.45, 7) is 5.49. The van der Waals surface area contributed by atoms with E-state index < -0.39 is 29.7 Å². The zero-order valence-electron chi connectivity index (χ0n) is 10.9. The molecule has 1 atom stereocenters. The maximum atomic E-state index is 11.8. The number of imide groups is 1. The van der Waals surface area contributed by atoms with Crippen molar-refractivity contribution in [3.05, 3.63) is 0 Å². The van der Waals surface area contributed by atoms with Crippen LogP contribution in [0.15, 0.2) is 0 Å². The number of ether oxygens (including phenoxy) is 1. The van der Waals surface area contributed by atoms with Crippen LogP contribution in [0.2, 0.25) is 0 Å². The highest BCUT2D eigenvalue weighted by atomic mass is 16.6. The number of carbonyl (C=O) groups excluding carboxylic acids is 3. The molecule has 102 valence electrons. The highest BCUT2D eigenvalue weighted by molar-refractivity contribution is 5.94. The molecule has 18 heavy (non-hydrogen) atoms. The van der Waals surface area contributed by atoms with E-state index in [0.717, 1.165) is 0 Å². The first-order chi connectivity index (χ1) is 8.20. The van der Waals surface area contributed by atoms with Gasteiger partial charge in [-0.1, -0.05) is 0 Å². The molecule has 1 aliphatic rings. The van der Waals surface area contributed by atoms with Gasteiger partial charge in [0.2, 0.25) is 5.91 Å². The third-order valence-corrected chi connectivity index (χ3v) is 2.45. The average molecular weight is 257 g/mol. The topological polar surface area (TPSA) is 102 Å². The molecule has 0 radical (unpaired) electrons. The van der Waals surface area contributed by atoms with Crippen molar-refractivity contribution in [1.82, 2.24) is 10.2 Å². The van der Waals surface area contributed by atoms with Crippen molar-refractivity contribution in [2.45, 2.75) is 45.3 Å². The fraction of sp³-hybridized carbons (Fsp3) is 0.727. The number of nitrogens with two attached hydrogens (primary N) is 1. The van der Waals surface area contributed by atoms with Gasteiger partial charge >= 0.3 is 12.1 Å². The lowest BCUT2D eigenvalue weighted by Gasteiger charge is -2.24. The number of primary amides is 1. The van der Waals surface area contributed by atoms with Gasteiger partial charge in [-0.2, -0.15) is 0 Å². The number of urea groups is 1. The Morgan fingerprint density at radius 2 is 1.94 bits per heavy atom. The van der Waals surface area contributed by atoms with Crippen molar-refractivity contribution < 1.29 is 19.1 Å². The summed E-state index contributed by atoms with van der Waals surface area (Å²) in [4.78, 5) is 35.5. The molecule has 0 aliphatic carbocycles. The molecule has 0 aromatic rings. The van der Waals surface area contributed by atoms with E-state index in [4.69, 9.17) is 10.5 Å². The Kier molecular flexibility index (Phi) is 4.15. The first kappa shape index (κ1) is 14.3. The van der Waals surface area contributed by atoms with Crippen molar-refractivity contribution in [3.63, 3.8) is 0 Å². The van der Waals surface area contributed by atoms with Gasteiger partial charge in [-0.25, -0.2) is 14.9 Å². The van der Waals surface area contributed by atoms with Gasteiger partial charge in [0, 0.05) is 6.54 Å². The molecule has 3 N–H and O–H groups in total. The van der Waals surface area contributed by atoms with Crippen molar-refractivity contribution in [2.75, 3.05) is 6.54 Å². The summed E-state index contributed by atoms with van der Waals surface area (Å²) in [5.74, 6) is -0.563. The Bertz CT molecular complexity index is 362. The number of carbonyl (C=O) groups is 3. The number of alkyl carbamates (subject to hydrolysis) is 1. The van der Waals surface area contributed by atoms with Crippen molar-refractivity contribution in [2.24, 2.45) is 5.73 Å². The van der Waals surface area contributed by atoms with E-state index in [1.54, 1.807) is 20.8 Å². The SMILES string of the molecule is CC(C)(C)OC(=O)NC(=O)N1CCCC1C(N)=O. The fourth-order valence-electron chi connectivity index (χ4n) is 1.77. The summed E-state index contributed by atoms with van der Waals surface area (Å²) in [7, 11) is 0. The molecule has 0 aromatic carbocycles. The summed E-state index contributed by atoms with van der Waals surface area (Å²) in [5.41, 5.74) is 4.50. The average Bonchev–Trinajstić information content (AvgIpc) is 2.61. The largest absolute Gasteiger partial charge is 0.443 e. The third kappa shape index (κ3) is 3.90. The molecule has 0 bridgehead atoms. The molecule has 0 aromatic heterocycles. The van der Waals surface area contributed by atoms with Gasteiger partial charge in [0.05, 0.1) is 0 Å². The number of amides is 4. The van der Waals surface area contributed by atoms with Gasteiger partial charge in [-0.05, 0) is 33.6 Å². The number of nitrogens with zero attached hydrogens (tertiary/aromatic N) is 1. The van der Waals surface area contributed by atoms with Gasteiger partial charge in [0.15, 0.2) is 0 Å². The molecule has 1 unspecified atom stereocenters. The summed E-state index contributed by atoms with van der Waals surface area (Å²) >= 11 is 0. The van der Waals surface area contributed by atoms with Gasteiger partial charge in [-0.3, -0.25) is 4.79 Å². The Balaban J connectivity index is 2.55. The number of likely N-dealkylation sites (tertiary alicyclic amines) is 1. The third-order valence-electron chi connectivity index (χ3n) is 2.45. The van der Waals surface area contributed by atoms with Crippen LogP contribution in [-0.2, 0) is 9.53 Å². The predicted molar refractivity (Wildman–Crippen MR) is 63.7 cm³/mol. The minimum absolute atomic E-state index is 0.405. The zero-order valence-corrected chi connectivity index (χ0v) is 10.9. The maximum Gasteiger partial charge on any atom is 0.415 e. The monoisotopic (exact) mass is 257 g/mol. The van der Waals surface area contributed by atoms with Crippen LogP contribution in [0.1, 0.15) is 33.6 Å². The summed E-state index contributed by atoms with van der Waals surface area (Å²) < 4.78 is 4.95. The quantitative estimate of drug-likeness (QED) is 0.717. The van der Waals surface area contributed by atoms with Crippen LogP contribution in [0.25, 0.3) is 0 Å². The fourth-order valence-corrected chi connectivity index (χ4v) is 1.77. The normalized spacial score (nSPS) is 19.5. The molecule has 7 nitrogen and oxygen atoms in total. The minimum Gasteiger partial charge on any atom is -0.443 e. The van der Waals surface area contributed by atoms with Crippen LogP contribution in [0, 0.1) is 0 Å². The molecule has 1 saturated heterocycles. The van der Waals surface area contributed by atoms with Crippen LogP contribution < -0.4 is 11.1 Å². The lowest BCUT2D eigenvalue weighted by atomic mass is 10.2. The van der Waals surface area contributed by atoms with Crippen LogP contribution in [0.3, 0.4) is 0 Å². The van der Waals surface area contributed by atoms with Gasteiger partial charge in [0.25, 0.3) is 0 Å². The first-order valence-electron chi connectivity index (χ1n) is 5.80. The highest BCUT2D eigenvalue weighted by Gasteiger charge is 2.33. The standard InChI is InChI=1S/C11H19N3O4/c1-11(2,3)18-10(17)13-9(16)14-6-4-5-7(14)8(12)15/h7H,4-6H2,1-3H3,(H2,12,15)(H,13,16,17). The van der Waals surface area contributed by atoms with Gasteiger partial charge < -0.3 is 15.4 Å². The van der Waals surface area contributed by atoms with E-state index in [9.17, 15) is 14.4 Å². The molecule has 1 aliphatic heterocycles. The summed E-state index contributed by atoms with van der Waals surface area (Å²) in [6, 6.07) is -1.29. The van der Waals surface area contributed by atoms with Crippen molar-refractivity contribution >= 4 is 18.0 Å². The second-order valence-electron chi connectivity index (χ2n) is 5.19. The minimum atomic E-state index is -0.831. The second kappa shape index (κ2) is 5.24. The van der Waals surface area contributed by atoms with Crippen LogP contribution in [0.5, 0.6) is 0 Å². The number of rotatable bonds is 1. The lowest BCUT2D eigenvalue weighted by molar-refractivity contribution is -0.121.